The molecule has 1 amide bonds. The van der Waals surface area contributed by atoms with E-state index in [9.17, 15) is 4.79 Å². The molecule has 0 saturated heterocycles. The molecule has 0 aliphatic rings. The maximum atomic E-state index is 12.4. The Hall–Kier alpha value is -1.33. The number of carbonyl (C=O) groups excluding carboxylic acids is 1. The minimum atomic E-state index is 0.0604. The van der Waals surface area contributed by atoms with E-state index in [4.69, 9.17) is 4.74 Å². The average Bonchev–Trinajstić information content (AvgIpc) is 2.91. The second-order valence-electron chi connectivity index (χ2n) is 4.31. The molecule has 5 heteroatoms. The average molecular weight is 354 g/mol. The quantitative estimate of drug-likeness (QED) is 0.806. The van der Waals surface area contributed by atoms with Gasteiger partial charge in [-0.05, 0) is 46.6 Å². The molecule has 0 atom stereocenters. The van der Waals surface area contributed by atoms with Crippen molar-refractivity contribution in [3.63, 3.8) is 0 Å². The maximum absolute atomic E-state index is 12.4. The number of benzene rings is 1. The fourth-order valence-electron chi connectivity index (χ4n) is 1.88. The van der Waals surface area contributed by atoms with E-state index in [1.165, 1.54) is 11.3 Å². The van der Waals surface area contributed by atoms with Crippen molar-refractivity contribution in [3.05, 3.63) is 50.6 Å². The van der Waals surface area contributed by atoms with E-state index in [1.807, 2.05) is 47.5 Å². The number of amides is 1. The first-order chi connectivity index (χ1) is 9.63. The first kappa shape index (κ1) is 15.1. The number of hydrogen-bond acceptors (Lipinski definition) is 3. The zero-order valence-corrected chi connectivity index (χ0v) is 13.8. The Morgan fingerprint density at radius 3 is 2.55 bits per heavy atom. The van der Waals surface area contributed by atoms with Gasteiger partial charge in [-0.15, -0.1) is 11.3 Å². The number of carbonyl (C=O) groups is 1. The predicted molar refractivity (Wildman–Crippen MR) is 85.4 cm³/mol. The van der Waals surface area contributed by atoms with Gasteiger partial charge in [-0.2, -0.15) is 0 Å². The summed E-state index contributed by atoms with van der Waals surface area (Å²) in [4.78, 5) is 14.2. The molecule has 0 fully saturated rings. The molecule has 0 unspecified atom stereocenters. The summed E-state index contributed by atoms with van der Waals surface area (Å²) in [6.45, 7) is 3.27. The van der Waals surface area contributed by atoms with Crippen molar-refractivity contribution in [2.24, 2.45) is 0 Å². The first-order valence-corrected chi connectivity index (χ1v) is 7.97. The summed E-state index contributed by atoms with van der Waals surface area (Å²) in [5.41, 5.74) is 1.83. The summed E-state index contributed by atoms with van der Waals surface area (Å²) in [5.74, 6) is 0.884. The van der Waals surface area contributed by atoms with E-state index >= 15 is 0 Å². The van der Waals surface area contributed by atoms with Crippen molar-refractivity contribution in [3.8, 4) is 5.75 Å². The van der Waals surface area contributed by atoms with Crippen LogP contribution in [0.3, 0.4) is 0 Å². The highest BCUT2D eigenvalue weighted by molar-refractivity contribution is 9.11. The monoisotopic (exact) mass is 353 g/mol. The van der Waals surface area contributed by atoms with Gasteiger partial charge in [0.25, 0.3) is 5.91 Å². The standard InChI is InChI=1S/C15H16BrNO2S/c1-3-17(15(18)12-8-14(16)20-10-12)9-11-4-6-13(19-2)7-5-11/h4-8,10H,3,9H2,1-2H3. The Morgan fingerprint density at radius 1 is 1.35 bits per heavy atom. The van der Waals surface area contributed by atoms with E-state index in [0.29, 0.717) is 13.1 Å². The van der Waals surface area contributed by atoms with Crippen molar-refractivity contribution < 1.29 is 9.53 Å². The summed E-state index contributed by atoms with van der Waals surface area (Å²) in [7, 11) is 1.64. The van der Waals surface area contributed by atoms with Crippen LogP contribution in [0.1, 0.15) is 22.8 Å². The largest absolute Gasteiger partial charge is 0.497 e. The van der Waals surface area contributed by atoms with E-state index in [0.717, 1.165) is 20.7 Å². The van der Waals surface area contributed by atoms with Crippen molar-refractivity contribution in [1.82, 2.24) is 4.90 Å². The predicted octanol–water partition coefficient (Wildman–Crippen LogP) is 4.18. The molecule has 20 heavy (non-hydrogen) atoms. The molecule has 0 N–H and O–H groups in total. The Morgan fingerprint density at radius 2 is 2.05 bits per heavy atom. The third-order valence-electron chi connectivity index (χ3n) is 3.02. The summed E-state index contributed by atoms with van der Waals surface area (Å²) in [5, 5.41) is 1.88. The molecule has 0 radical (unpaired) electrons. The Kier molecular flexibility index (Phi) is 5.20. The van der Waals surface area contributed by atoms with E-state index in [2.05, 4.69) is 15.9 Å². The highest BCUT2D eigenvalue weighted by Crippen LogP contribution is 2.22. The summed E-state index contributed by atoms with van der Waals surface area (Å²) < 4.78 is 6.11. The van der Waals surface area contributed by atoms with Crippen LogP contribution in [0.15, 0.2) is 39.5 Å². The zero-order valence-electron chi connectivity index (χ0n) is 11.4. The SMILES string of the molecule is CCN(Cc1ccc(OC)cc1)C(=O)c1csc(Br)c1. The normalized spacial score (nSPS) is 10.3. The molecule has 0 saturated carbocycles. The fourth-order valence-corrected chi connectivity index (χ4v) is 3.01. The number of rotatable bonds is 5. The fraction of sp³-hybridized carbons (Fsp3) is 0.267. The number of thiophene rings is 1. The highest BCUT2D eigenvalue weighted by atomic mass is 79.9. The van der Waals surface area contributed by atoms with Gasteiger partial charge in [-0.1, -0.05) is 12.1 Å². The van der Waals surface area contributed by atoms with Crippen LogP contribution in [0.5, 0.6) is 5.75 Å². The number of hydrogen-bond donors (Lipinski definition) is 0. The molecule has 0 bridgehead atoms. The Labute approximate surface area is 131 Å². The summed E-state index contributed by atoms with van der Waals surface area (Å²) in [6, 6.07) is 9.66. The molecule has 1 heterocycles. The number of ether oxygens (including phenoxy) is 1. The zero-order chi connectivity index (χ0) is 14.5. The lowest BCUT2D eigenvalue weighted by Crippen LogP contribution is -2.29. The molecule has 1 aromatic heterocycles. The molecular formula is C15H16BrNO2S. The Bertz CT molecular complexity index is 580. The number of halogens is 1. The van der Waals surface area contributed by atoms with Crippen LogP contribution in [0.25, 0.3) is 0 Å². The van der Waals surface area contributed by atoms with Gasteiger partial charge in [0.2, 0.25) is 0 Å². The van der Waals surface area contributed by atoms with Crippen LogP contribution in [-0.2, 0) is 6.54 Å². The van der Waals surface area contributed by atoms with Gasteiger partial charge in [0.05, 0.1) is 16.5 Å². The summed E-state index contributed by atoms with van der Waals surface area (Å²) >= 11 is 4.91. The van der Waals surface area contributed by atoms with Crippen LogP contribution in [0.4, 0.5) is 0 Å². The van der Waals surface area contributed by atoms with Crippen molar-refractivity contribution in [1.29, 1.82) is 0 Å². The van der Waals surface area contributed by atoms with Gasteiger partial charge in [0.15, 0.2) is 0 Å². The lowest BCUT2D eigenvalue weighted by atomic mass is 10.2. The van der Waals surface area contributed by atoms with Gasteiger partial charge in [-0.3, -0.25) is 4.79 Å². The molecule has 2 rings (SSSR count). The second-order valence-corrected chi connectivity index (χ2v) is 6.60. The van der Waals surface area contributed by atoms with Gasteiger partial charge in [0, 0.05) is 18.5 Å². The molecule has 3 nitrogen and oxygen atoms in total. The minimum absolute atomic E-state index is 0.0604. The molecule has 0 aliphatic carbocycles. The van der Waals surface area contributed by atoms with Crippen LogP contribution in [0, 0.1) is 0 Å². The number of nitrogens with zero attached hydrogens (tertiary/aromatic N) is 1. The molecule has 0 spiro atoms. The van der Waals surface area contributed by atoms with Gasteiger partial charge >= 0.3 is 0 Å². The minimum Gasteiger partial charge on any atom is -0.497 e. The maximum Gasteiger partial charge on any atom is 0.255 e. The van der Waals surface area contributed by atoms with E-state index < -0.39 is 0 Å². The van der Waals surface area contributed by atoms with Crippen LogP contribution in [-0.4, -0.2) is 24.5 Å². The smallest absolute Gasteiger partial charge is 0.255 e. The van der Waals surface area contributed by atoms with Gasteiger partial charge in [0.1, 0.15) is 5.75 Å². The van der Waals surface area contributed by atoms with Gasteiger partial charge < -0.3 is 9.64 Å². The third-order valence-corrected chi connectivity index (χ3v) is 4.52. The molecular weight excluding hydrogens is 338 g/mol. The van der Waals surface area contributed by atoms with Gasteiger partial charge in [-0.25, -0.2) is 0 Å². The molecule has 106 valence electrons. The molecule has 1 aromatic carbocycles. The Balaban J connectivity index is 2.09. The summed E-state index contributed by atoms with van der Waals surface area (Å²) in [6.07, 6.45) is 0. The van der Waals surface area contributed by atoms with Crippen molar-refractivity contribution in [2.45, 2.75) is 13.5 Å². The van der Waals surface area contributed by atoms with Crippen LogP contribution < -0.4 is 4.74 Å². The van der Waals surface area contributed by atoms with Crippen molar-refractivity contribution in [2.75, 3.05) is 13.7 Å². The highest BCUT2D eigenvalue weighted by Gasteiger charge is 2.15. The van der Waals surface area contributed by atoms with Crippen LogP contribution in [0.2, 0.25) is 0 Å². The van der Waals surface area contributed by atoms with Crippen molar-refractivity contribution >= 4 is 33.2 Å². The molecule has 0 aliphatic heterocycles. The lowest BCUT2D eigenvalue weighted by Gasteiger charge is -2.20. The first-order valence-electron chi connectivity index (χ1n) is 6.30. The van der Waals surface area contributed by atoms with Crippen LogP contribution >= 0.6 is 27.3 Å². The van der Waals surface area contributed by atoms with E-state index in [-0.39, 0.29) is 5.91 Å². The lowest BCUT2D eigenvalue weighted by molar-refractivity contribution is 0.0753. The number of methoxy groups -OCH3 is 1. The second kappa shape index (κ2) is 6.90. The molecule has 2 aromatic rings. The third kappa shape index (κ3) is 3.61. The topological polar surface area (TPSA) is 29.5 Å². The van der Waals surface area contributed by atoms with E-state index in [1.54, 1.807) is 7.11 Å².